The molecule has 0 amide bonds. The smallest absolute Gasteiger partial charge is 0.125 e. The van der Waals surface area contributed by atoms with Crippen LogP contribution in [0.2, 0.25) is 0 Å². The molecule has 1 rings (SSSR count). The highest BCUT2D eigenvalue weighted by molar-refractivity contribution is 9.10. The summed E-state index contributed by atoms with van der Waals surface area (Å²) in [6, 6.07) is 5.70. The largest absolute Gasteiger partial charge is 0.490 e. The summed E-state index contributed by atoms with van der Waals surface area (Å²) in [4.78, 5) is 0. The van der Waals surface area contributed by atoms with Crippen LogP contribution < -0.4 is 4.74 Å². The zero-order valence-corrected chi connectivity index (χ0v) is 10.9. The molecule has 0 aromatic heterocycles. The maximum Gasteiger partial charge on any atom is 0.125 e. The van der Waals surface area contributed by atoms with Gasteiger partial charge < -0.3 is 9.84 Å². The molecule has 0 spiro atoms. The van der Waals surface area contributed by atoms with Gasteiger partial charge in [-0.25, -0.2) is 0 Å². The number of halogens is 1. The molecule has 0 aliphatic carbocycles. The van der Waals surface area contributed by atoms with E-state index in [2.05, 4.69) is 22.9 Å². The molecule has 0 heterocycles. The van der Waals surface area contributed by atoms with Crippen molar-refractivity contribution in [2.24, 2.45) is 0 Å². The fourth-order valence-electron chi connectivity index (χ4n) is 1.25. The van der Waals surface area contributed by atoms with E-state index in [0.29, 0.717) is 0 Å². The molecule has 0 fully saturated rings. The Hall–Kier alpha value is -0.540. The van der Waals surface area contributed by atoms with Gasteiger partial charge in [-0.05, 0) is 38.5 Å². The van der Waals surface area contributed by atoms with Crippen LogP contribution in [-0.2, 0) is 0 Å². The molecule has 0 saturated heterocycles. The summed E-state index contributed by atoms with van der Waals surface area (Å²) in [7, 11) is 0. The van der Waals surface area contributed by atoms with E-state index in [1.807, 2.05) is 25.1 Å². The minimum absolute atomic E-state index is 0.170. The van der Waals surface area contributed by atoms with E-state index in [4.69, 9.17) is 4.74 Å². The van der Waals surface area contributed by atoms with Gasteiger partial charge in [0.2, 0.25) is 0 Å². The SMILES string of the molecule is CCC(C)Oc1ccc(Br)cc1[C@@H](C)O. The van der Waals surface area contributed by atoms with Crippen molar-refractivity contribution in [1.82, 2.24) is 0 Å². The summed E-state index contributed by atoms with van der Waals surface area (Å²) in [5.74, 6) is 0.766. The van der Waals surface area contributed by atoms with Crippen molar-refractivity contribution in [3.8, 4) is 5.75 Å². The van der Waals surface area contributed by atoms with E-state index < -0.39 is 6.10 Å². The van der Waals surface area contributed by atoms with Crippen LogP contribution in [0.4, 0.5) is 0 Å². The first-order valence-corrected chi connectivity index (χ1v) is 5.98. The summed E-state index contributed by atoms with van der Waals surface area (Å²) in [6.45, 7) is 5.84. The lowest BCUT2D eigenvalue weighted by atomic mass is 10.1. The van der Waals surface area contributed by atoms with Crippen molar-refractivity contribution in [2.45, 2.75) is 39.4 Å². The van der Waals surface area contributed by atoms with Gasteiger partial charge in [0.25, 0.3) is 0 Å². The summed E-state index contributed by atoms with van der Waals surface area (Å²) < 4.78 is 6.68. The zero-order chi connectivity index (χ0) is 11.4. The van der Waals surface area contributed by atoms with Gasteiger partial charge in [0.05, 0.1) is 12.2 Å². The van der Waals surface area contributed by atoms with Gasteiger partial charge in [-0.3, -0.25) is 0 Å². The standard InChI is InChI=1S/C12H17BrO2/c1-4-8(2)15-12-6-5-10(13)7-11(12)9(3)14/h5-9,14H,4H2,1-3H3/t8?,9-/m1/s1. The molecule has 2 atom stereocenters. The van der Waals surface area contributed by atoms with Crippen molar-refractivity contribution < 1.29 is 9.84 Å². The van der Waals surface area contributed by atoms with Crippen LogP contribution in [0, 0.1) is 0 Å². The Morgan fingerprint density at radius 3 is 2.60 bits per heavy atom. The highest BCUT2D eigenvalue weighted by atomic mass is 79.9. The van der Waals surface area contributed by atoms with E-state index in [1.54, 1.807) is 6.92 Å². The van der Waals surface area contributed by atoms with Gasteiger partial charge in [-0.15, -0.1) is 0 Å². The molecule has 3 heteroatoms. The quantitative estimate of drug-likeness (QED) is 0.906. The number of hydrogen-bond acceptors (Lipinski definition) is 2. The second-order valence-corrected chi connectivity index (χ2v) is 4.61. The van der Waals surface area contributed by atoms with Crippen LogP contribution in [0.15, 0.2) is 22.7 Å². The Morgan fingerprint density at radius 1 is 1.40 bits per heavy atom. The number of aliphatic hydroxyl groups excluding tert-OH is 1. The number of hydrogen-bond donors (Lipinski definition) is 1. The van der Waals surface area contributed by atoms with Crippen LogP contribution in [0.5, 0.6) is 5.75 Å². The zero-order valence-electron chi connectivity index (χ0n) is 9.33. The fourth-order valence-corrected chi connectivity index (χ4v) is 1.63. The first-order chi connectivity index (χ1) is 7.04. The minimum Gasteiger partial charge on any atom is -0.490 e. The van der Waals surface area contributed by atoms with Gasteiger partial charge in [0, 0.05) is 10.0 Å². The number of ether oxygens (including phenoxy) is 1. The lowest BCUT2D eigenvalue weighted by Crippen LogP contribution is -2.11. The minimum atomic E-state index is -0.512. The second kappa shape index (κ2) is 5.52. The molecule has 0 saturated carbocycles. The Balaban J connectivity index is 2.95. The van der Waals surface area contributed by atoms with Crippen LogP contribution in [0.3, 0.4) is 0 Å². The van der Waals surface area contributed by atoms with Crippen LogP contribution in [-0.4, -0.2) is 11.2 Å². The number of benzene rings is 1. The van der Waals surface area contributed by atoms with Crippen molar-refractivity contribution in [1.29, 1.82) is 0 Å². The molecule has 1 aromatic rings. The Morgan fingerprint density at radius 2 is 2.07 bits per heavy atom. The third-order valence-corrected chi connectivity index (χ3v) is 2.82. The third-order valence-electron chi connectivity index (χ3n) is 2.32. The number of aliphatic hydroxyl groups is 1. The lowest BCUT2D eigenvalue weighted by Gasteiger charge is -2.17. The van der Waals surface area contributed by atoms with Crippen molar-refractivity contribution in [3.63, 3.8) is 0 Å². The van der Waals surface area contributed by atoms with Gasteiger partial charge in [0.15, 0.2) is 0 Å². The molecule has 0 aliphatic heterocycles. The van der Waals surface area contributed by atoms with Crippen LogP contribution in [0.1, 0.15) is 38.9 Å². The van der Waals surface area contributed by atoms with E-state index in [0.717, 1.165) is 22.2 Å². The molecule has 0 aliphatic rings. The summed E-state index contributed by atoms with van der Waals surface area (Å²) in [6.07, 6.45) is 0.611. The van der Waals surface area contributed by atoms with Gasteiger partial charge in [0.1, 0.15) is 5.75 Å². The second-order valence-electron chi connectivity index (χ2n) is 3.69. The van der Waals surface area contributed by atoms with Crippen molar-refractivity contribution in [3.05, 3.63) is 28.2 Å². The average molecular weight is 273 g/mol. The first-order valence-electron chi connectivity index (χ1n) is 5.18. The van der Waals surface area contributed by atoms with Gasteiger partial charge >= 0.3 is 0 Å². The topological polar surface area (TPSA) is 29.5 Å². The van der Waals surface area contributed by atoms with Crippen molar-refractivity contribution in [2.75, 3.05) is 0 Å². The average Bonchev–Trinajstić information content (AvgIpc) is 2.20. The number of rotatable bonds is 4. The molecule has 1 unspecified atom stereocenters. The van der Waals surface area contributed by atoms with E-state index in [1.165, 1.54) is 0 Å². The normalized spacial score (nSPS) is 14.7. The molecular formula is C12H17BrO2. The maximum atomic E-state index is 9.61. The predicted octanol–water partition coefficient (Wildman–Crippen LogP) is 3.68. The Bertz CT molecular complexity index is 323. The molecule has 0 bridgehead atoms. The molecule has 15 heavy (non-hydrogen) atoms. The van der Waals surface area contributed by atoms with Gasteiger partial charge in [-0.1, -0.05) is 22.9 Å². The maximum absolute atomic E-state index is 9.61. The van der Waals surface area contributed by atoms with Gasteiger partial charge in [-0.2, -0.15) is 0 Å². The Labute approximate surface area is 99.4 Å². The summed E-state index contributed by atoms with van der Waals surface area (Å²) in [5.41, 5.74) is 0.824. The molecule has 1 N–H and O–H groups in total. The highest BCUT2D eigenvalue weighted by Crippen LogP contribution is 2.29. The molecule has 2 nitrogen and oxygen atoms in total. The van der Waals surface area contributed by atoms with Crippen LogP contribution in [0.25, 0.3) is 0 Å². The van der Waals surface area contributed by atoms with E-state index >= 15 is 0 Å². The first kappa shape index (κ1) is 12.5. The lowest BCUT2D eigenvalue weighted by molar-refractivity contribution is 0.176. The summed E-state index contributed by atoms with van der Waals surface area (Å²) >= 11 is 3.38. The monoisotopic (exact) mass is 272 g/mol. The van der Waals surface area contributed by atoms with Crippen LogP contribution >= 0.6 is 15.9 Å². The highest BCUT2D eigenvalue weighted by Gasteiger charge is 2.11. The molecule has 84 valence electrons. The molecular weight excluding hydrogens is 256 g/mol. The van der Waals surface area contributed by atoms with E-state index in [-0.39, 0.29) is 6.10 Å². The summed E-state index contributed by atoms with van der Waals surface area (Å²) in [5, 5.41) is 9.61. The predicted molar refractivity (Wildman–Crippen MR) is 65.2 cm³/mol. The third kappa shape index (κ3) is 3.50. The Kier molecular flexibility index (Phi) is 4.61. The molecule has 1 aromatic carbocycles. The van der Waals surface area contributed by atoms with E-state index in [9.17, 15) is 5.11 Å². The van der Waals surface area contributed by atoms with Crippen molar-refractivity contribution >= 4 is 15.9 Å². The fraction of sp³-hybridized carbons (Fsp3) is 0.500. The molecule has 0 radical (unpaired) electrons.